The van der Waals surface area contributed by atoms with E-state index in [0.717, 1.165) is 24.8 Å². The van der Waals surface area contributed by atoms with Crippen molar-refractivity contribution in [1.82, 2.24) is 5.32 Å². The lowest BCUT2D eigenvalue weighted by atomic mass is 10.0. The molecular formula is C15H21NO3S. The third-order valence-electron chi connectivity index (χ3n) is 3.68. The van der Waals surface area contributed by atoms with Crippen LogP contribution < -0.4 is 5.32 Å². The molecule has 0 aromatic heterocycles. The molecule has 0 radical (unpaired) electrons. The van der Waals surface area contributed by atoms with Gasteiger partial charge in [-0.15, -0.1) is 0 Å². The maximum atomic E-state index is 11.9. The average Bonchev–Trinajstić information content (AvgIpc) is 2.74. The topological polar surface area (TPSA) is 63.2 Å². The van der Waals surface area contributed by atoms with Crippen molar-refractivity contribution in [2.75, 3.05) is 18.1 Å². The Kier molecular flexibility index (Phi) is 4.81. The molecule has 0 bridgehead atoms. The summed E-state index contributed by atoms with van der Waals surface area (Å²) >= 11 is 0. The van der Waals surface area contributed by atoms with E-state index in [1.165, 1.54) is 0 Å². The predicted molar refractivity (Wildman–Crippen MR) is 79.5 cm³/mol. The molecule has 1 heterocycles. The van der Waals surface area contributed by atoms with E-state index in [2.05, 4.69) is 5.32 Å². The monoisotopic (exact) mass is 295 g/mol. The normalized spacial score (nSPS) is 20.8. The Bertz CT molecular complexity index is 581. The molecule has 0 spiro atoms. The van der Waals surface area contributed by atoms with E-state index in [1.807, 2.05) is 25.1 Å². The summed E-state index contributed by atoms with van der Waals surface area (Å²) in [6.07, 6.45) is 2.47. The van der Waals surface area contributed by atoms with Crippen LogP contribution in [0.15, 0.2) is 24.3 Å². The second-order valence-corrected chi connectivity index (χ2v) is 7.77. The number of benzene rings is 1. The zero-order chi connectivity index (χ0) is 14.6. The molecule has 0 aliphatic carbocycles. The molecule has 2 rings (SSSR count). The summed E-state index contributed by atoms with van der Waals surface area (Å²) in [5.74, 6) is 0.857. The highest BCUT2D eigenvalue weighted by molar-refractivity contribution is 7.91. The fraction of sp³-hybridized carbons (Fsp3) is 0.533. The molecule has 1 aliphatic heterocycles. The van der Waals surface area contributed by atoms with Gasteiger partial charge in [0.1, 0.15) is 0 Å². The van der Waals surface area contributed by atoms with Crippen LogP contribution in [0.1, 0.15) is 35.2 Å². The van der Waals surface area contributed by atoms with E-state index in [4.69, 9.17) is 0 Å². The molecule has 20 heavy (non-hydrogen) atoms. The van der Waals surface area contributed by atoms with Crippen molar-refractivity contribution in [3.8, 4) is 0 Å². The highest BCUT2D eigenvalue weighted by atomic mass is 32.2. The zero-order valence-corrected chi connectivity index (χ0v) is 12.6. The Hall–Kier alpha value is -1.36. The van der Waals surface area contributed by atoms with E-state index >= 15 is 0 Å². The van der Waals surface area contributed by atoms with Gasteiger partial charge >= 0.3 is 0 Å². The number of aryl methyl sites for hydroxylation is 1. The highest BCUT2D eigenvalue weighted by Gasteiger charge is 2.27. The van der Waals surface area contributed by atoms with Crippen LogP contribution in [-0.2, 0) is 9.84 Å². The highest BCUT2D eigenvalue weighted by Crippen LogP contribution is 2.22. The lowest BCUT2D eigenvalue weighted by molar-refractivity contribution is 0.0952. The molecule has 1 amide bonds. The number of hydrogen-bond donors (Lipinski definition) is 1. The fourth-order valence-corrected chi connectivity index (χ4v) is 4.49. The largest absolute Gasteiger partial charge is 0.352 e. The summed E-state index contributed by atoms with van der Waals surface area (Å²) in [5, 5.41) is 2.88. The van der Waals surface area contributed by atoms with Crippen LogP contribution in [0.4, 0.5) is 0 Å². The second-order valence-electron chi connectivity index (χ2n) is 5.54. The number of carbonyl (C=O) groups excluding carboxylic acids is 1. The summed E-state index contributed by atoms with van der Waals surface area (Å²) < 4.78 is 22.7. The van der Waals surface area contributed by atoms with Crippen molar-refractivity contribution >= 4 is 15.7 Å². The lowest BCUT2D eigenvalue weighted by Gasteiger charge is -2.08. The maximum absolute atomic E-state index is 11.9. The minimum Gasteiger partial charge on any atom is -0.352 e. The third kappa shape index (κ3) is 4.34. The smallest absolute Gasteiger partial charge is 0.251 e. The van der Waals surface area contributed by atoms with E-state index < -0.39 is 9.84 Å². The maximum Gasteiger partial charge on any atom is 0.251 e. The first-order valence-electron chi connectivity index (χ1n) is 7.01. The van der Waals surface area contributed by atoms with Gasteiger partial charge in [-0.05, 0) is 44.2 Å². The molecule has 1 aliphatic rings. The fourth-order valence-electron chi connectivity index (χ4n) is 2.58. The van der Waals surface area contributed by atoms with Gasteiger partial charge in [-0.1, -0.05) is 17.7 Å². The quantitative estimate of drug-likeness (QED) is 0.844. The van der Waals surface area contributed by atoms with Crippen LogP contribution in [0.25, 0.3) is 0 Å². The van der Waals surface area contributed by atoms with E-state index in [1.54, 1.807) is 6.07 Å². The molecule has 1 aromatic rings. The SMILES string of the molecule is Cc1cccc(C(=O)NCCCC2CCS(=O)(=O)C2)c1. The molecule has 110 valence electrons. The van der Waals surface area contributed by atoms with E-state index in [-0.39, 0.29) is 11.8 Å². The number of hydrogen-bond acceptors (Lipinski definition) is 3. The standard InChI is InChI=1S/C15H21NO3S/c1-12-4-2-6-14(10-12)15(17)16-8-3-5-13-7-9-20(18,19)11-13/h2,4,6,10,13H,3,5,7-9,11H2,1H3,(H,16,17). The Morgan fingerprint density at radius 1 is 1.40 bits per heavy atom. The van der Waals surface area contributed by atoms with E-state index in [9.17, 15) is 13.2 Å². The zero-order valence-electron chi connectivity index (χ0n) is 11.8. The van der Waals surface area contributed by atoms with Crippen molar-refractivity contribution in [3.05, 3.63) is 35.4 Å². The molecule has 4 nitrogen and oxygen atoms in total. The van der Waals surface area contributed by atoms with Crippen LogP contribution in [-0.4, -0.2) is 32.4 Å². The van der Waals surface area contributed by atoms with Gasteiger partial charge in [0, 0.05) is 12.1 Å². The average molecular weight is 295 g/mol. The second kappa shape index (κ2) is 6.39. The number of rotatable bonds is 5. The molecular weight excluding hydrogens is 274 g/mol. The van der Waals surface area contributed by atoms with Crippen LogP contribution in [0.2, 0.25) is 0 Å². The summed E-state index contributed by atoms with van der Waals surface area (Å²) in [5.41, 5.74) is 1.74. The molecule has 1 unspecified atom stereocenters. The van der Waals surface area contributed by atoms with Crippen LogP contribution in [0.3, 0.4) is 0 Å². The summed E-state index contributed by atoms with van der Waals surface area (Å²) in [7, 11) is -2.78. The number of amides is 1. The number of nitrogens with one attached hydrogen (secondary N) is 1. The first kappa shape index (κ1) is 15.0. The first-order chi connectivity index (χ1) is 9.46. The van der Waals surface area contributed by atoms with Crippen molar-refractivity contribution in [2.45, 2.75) is 26.2 Å². The molecule has 1 aromatic carbocycles. The van der Waals surface area contributed by atoms with Gasteiger partial charge in [-0.25, -0.2) is 8.42 Å². The van der Waals surface area contributed by atoms with Gasteiger partial charge in [0.05, 0.1) is 11.5 Å². The Balaban J connectivity index is 1.70. The first-order valence-corrected chi connectivity index (χ1v) is 8.84. The molecule has 5 heteroatoms. The molecule has 1 fully saturated rings. The molecule has 1 atom stereocenters. The van der Waals surface area contributed by atoms with Crippen molar-refractivity contribution < 1.29 is 13.2 Å². The lowest BCUT2D eigenvalue weighted by Crippen LogP contribution is -2.25. The van der Waals surface area contributed by atoms with Crippen LogP contribution >= 0.6 is 0 Å². The van der Waals surface area contributed by atoms with Gasteiger partial charge in [0.25, 0.3) is 5.91 Å². The summed E-state index contributed by atoms with van der Waals surface area (Å²) in [6.45, 7) is 2.56. The summed E-state index contributed by atoms with van der Waals surface area (Å²) in [6, 6.07) is 7.48. The minimum absolute atomic E-state index is 0.0623. The van der Waals surface area contributed by atoms with Crippen LogP contribution in [0, 0.1) is 12.8 Å². The molecule has 1 N–H and O–H groups in total. The Labute approximate surface area is 120 Å². The predicted octanol–water partition coefficient (Wildman–Crippen LogP) is 1.94. The van der Waals surface area contributed by atoms with Gasteiger partial charge in [0.2, 0.25) is 0 Å². The van der Waals surface area contributed by atoms with Crippen molar-refractivity contribution in [2.24, 2.45) is 5.92 Å². The van der Waals surface area contributed by atoms with Gasteiger partial charge in [-0.3, -0.25) is 4.79 Å². The van der Waals surface area contributed by atoms with Gasteiger partial charge in [-0.2, -0.15) is 0 Å². The van der Waals surface area contributed by atoms with Gasteiger partial charge < -0.3 is 5.32 Å². The molecule has 1 saturated heterocycles. The third-order valence-corrected chi connectivity index (χ3v) is 5.52. The number of carbonyl (C=O) groups is 1. The number of sulfone groups is 1. The van der Waals surface area contributed by atoms with E-state index in [0.29, 0.717) is 23.6 Å². The minimum atomic E-state index is -2.78. The Morgan fingerprint density at radius 2 is 2.20 bits per heavy atom. The van der Waals surface area contributed by atoms with Gasteiger partial charge in [0.15, 0.2) is 9.84 Å². The van der Waals surface area contributed by atoms with Crippen molar-refractivity contribution in [1.29, 1.82) is 0 Å². The Morgan fingerprint density at radius 3 is 2.85 bits per heavy atom. The summed E-state index contributed by atoms with van der Waals surface area (Å²) in [4.78, 5) is 11.9. The van der Waals surface area contributed by atoms with Crippen molar-refractivity contribution in [3.63, 3.8) is 0 Å². The molecule has 0 saturated carbocycles. The van der Waals surface area contributed by atoms with Crippen LogP contribution in [0.5, 0.6) is 0 Å².